The Hall–Kier alpha value is -1.64. The first kappa shape index (κ1) is 14.3. The van der Waals surface area contributed by atoms with E-state index in [0.717, 1.165) is 4.31 Å². The maximum atomic E-state index is 12.7. The molecule has 2 N–H and O–H groups in total. The maximum absolute atomic E-state index is 12.7. The first-order valence-corrected chi connectivity index (χ1v) is 8.11. The predicted octanol–water partition coefficient (Wildman–Crippen LogP) is 1.45. The van der Waals surface area contributed by atoms with Crippen molar-refractivity contribution < 1.29 is 18.3 Å². The summed E-state index contributed by atoms with van der Waals surface area (Å²) in [6.07, 6.45) is 3.59. The minimum atomic E-state index is -3.94. The third-order valence-electron chi connectivity index (χ3n) is 3.56. The van der Waals surface area contributed by atoms with Crippen LogP contribution in [0.2, 0.25) is 5.02 Å². The SMILES string of the molecule is O=C(O)[C@H]1CCCN1S(=O)(=O)c1c[nH]c2nccc(Cl)c12. The molecule has 9 heteroatoms. The van der Waals surface area contributed by atoms with Crippen LogP contribution in [0.4, 0.5) is 0 Å². The van der Waals surface area contributed by atoms with E-state index in [-0.39, 0.29) is 21.8 Å². The first-order valence-electron chi connectivity index (χ1n) is 6.29. The van der Waals surface area contributed by atoms with Crippen molar-refractivity contribution in [2.45, 2.75) is 23.8 Å². The number of aromatic amines is 1. The van der Waals surface area contributed by atoms with Crippen LogP contribution in [0, 0.1) is 0 Å². The molecule has 3 heterocycles. The molecule has 0 radical (unpaired) electrons. The van der Waals surface area contributed by atoms with Crippen LogP contribution < -0.4 is 0 Å². The lowest BCUT2D eigenvalue weighted by Crippen LogP contribution is -2.40. The van der Waals surface area contributed by atoms with Crippen LogP contribution >= 0.6 is 11.6 Å². The Kier molecular flexibility index (Phi) is 3.39. The molecule has 112 valence electrons. The van der Waals surface area contributed by atoms with Crippen molar-refractivity contribution in [3.8, 4) is 0 Å². The lowest BCUT2D eigenvalue weighted by molar-refractivity contribution is -0.140. The van der Waals surface area contributed by atoms with E-state index in [0.29, 0.717) is 18.5 Å². The van der Waals surface area contributed by atoms with Crippen LogP contribution in [-0.2, 0) is 14.8 Å². The van der Waals surface area contributed by atoms with Gasteiger partial charge in [0.2, 0.25) is 10.0 Å². The number of hydrogen-bond acceptors (Lipinski definition) is 4. The molecule has 1 saturated heterocycles. The Bertz CT molecular complexity index is 817. The maximum Gasteiger partial charge on any atom is 0.322 e. The molecular weight excluding hydrogens is 318 g/mol. The molecule has 21 heavy (non-hydrogen) atoms. The van der Waals surface area contributed by atoms with E-state index in [1.807, 2.05) is 0 Å². The monoisotopic (exact) mass is 329 g/mol. The zero-order chi connectivity index (χ0) is 15.2. The van der Waals surface area contributed by atoms with E-state index in [2.05, 4.69) is 9.97 Å². The van der Waals surface area contributed by atoms with Gasteiger partial charge in [-0.25, -0.2) is 13.4 Å². The highest BCUT2D eigenvalue weighted by Crippen LogP contribution is 2.33. The van der Waals surface area contributed by atoms with Crippen molar-refractivity contribution in [1.82, 2.24) is 14.3 Å². The quantitative estimate of drug-likeness (QED) is 0.887. The van der Waals surface area contributed by atoms with Gasteiger partial charge in [-0.3, -0.25) is 4.79 Å². The highest BCUT2D eigenvalue weighted by Gasteiger charge is 2.40. The van der Waals surface area contributed by atoms with Gasteiger partial charge in [-0.1, -0.05) is 11.6 Å². The second-order valence-electron chi connectivity index (χ2n) is 4.78. The molecule has 2 aromatic heterocycles. The second-order valence-corrected chi connectivity index (χ2v) is 7.05. The van der Waals surface area contributed by atoms with Gasteiger partial charge < -0.3 is 10.1 Å². The van der Waals surface area contributed by atoms with Crippen LogP contribution in [0.25, 0.3) is 11.0 Å². The standard InChI is InChI=1S/C12H12ClN3O4S/c13-7-3-4-14-11-10(7)9(6-15-11)21(19,20)16-5-1-2-8(16)12(17)18/h3-4,6,8H,1-2,5H2,(H,14,15)(H,17,18)/t8-/m1/s1. The number of nitrogens with one attached hydrogen (secondary N) is 1. The average molecular weight is 330 g/mol. The molecule has 1 aliphatic heterocycles. The molecule has 0 aliphatic carbocycles. The molecule has 0 saturated carbocycles. The number of carboxylic acid groups (broad SMARTS) is 1. The summed E-state index contributed by atoms with van der Waals surface area (Å²) in [4.78, 5) is 17.9. The van der Waals surface area contributed by atoms with Crippen molar-refractivity contribution in [3.05, 3.63) is 23.5 Å². The van der Waals surface area contributed by atoms with E-state index in [9.17, 15) is 13.2 Å². The Balaban J connectivity index is 2.15. The molecule has 2 aromatic rings. The van der Waals surface area contributed by atoms with Gasteiger partial charge >= 0.3 is 5.97 Å². The summed E-state index contributed by atoms with van der Waals surface area (Å²) in [5.74, 6) is -1.14. The van der Waals surface area contributed by atoms with Gasteiger partial charge in [0, 0.05) is 18.9 Å². The number of pyridine rings is 1. The van der Waals surface area contributed by atoms with Gasteiger partial charge in [-0.05, 0) is 18.9 Å². The number of nitrogens with zero attached hydrogens (tertiary/aromatic N) is 2. The highest BCUT2D eigenvalue weighted by atomic mass is 35.5. The number of H-pyrrole nitrogens is 1. The number of halogens is 1. The Labute approximate surface area is 125 Å². The van der Waals surface area contributed by atoms with Crippen molar-refractivity contribution in [2.75, 3.05) is 6.54 Å². The number of fused-ring (bicyclic) bond motifs is 1. The summed E-state index contributed by atoms with van der Waals surface area (Å²) in [5, 5.41) is 9.70. The normalized spacial score (nSPS) is 20.1. The van der Waals surface area contributed by atoms with Crippen molar-refractivity contribution in [1.29, 1.82) is 0 Å². The van der Waals surface area contributed by atoms with Crippen molar-refractivity contribution in [2.24, 2.45) is 0 Å². The minimum Gasteiger partial charge on any atom is -0.480 e. The third kappa shape index (κ3) is 2.19. The van der Waals surface area contributed by atoms with E-state index in [4.69, 9.17) is 16.7 Å². The van der Waals surface area contributed by atoms with Gasteiger partial charge in [-0.15, -0.1) is 0 Å². The van der Waals surface area contributed by atoms with Crippen LogP contribution in [0.15, 0.2) is 23.4 Å². The average Bonchev–Trinajstić information content (AvgIpc) is 3.06. The molecule has 0 unspecified atom stereocenters. The molecular formula is C12H12ClN3O4S. The number of aromatic nitrogens is 2. The summed E-state index contributed by atoms with van der Waals surface area (Å²) in [6, 6.07) is 0.463. The van der Waals surface area contributed by atoms with Crippen LogP contribution in [0.5, 0.6) is 0 Å². The fraction of sp³-hybridized carbons (Fsp3) is 0.333. The van der Waals surface area contributed by atoms with E-state index >= 15 is 0 Å². The zero-order valence-electron chi connectivity index (χ0n) is 10.8. The zero-order valence-corrected chi connectivity index (χ0v) is 12.4. The van der Waals surface area contributed by atoms with Gasteiger partial charge in [0.05, 0.1) is 10.4 Å². The van der Waals surface area contributed by atoms with E-state index < -0.39 is 22.0 Å². The Morgan fingerprint density at radius 3 is 3.00 bits per heavy atom. The summed E-state index contributed by atoms with van der Waals surface area (Å²) < 4.78 is 26.5. The molecule has 0 aromatic carbocycles. The number of aliphatic carboxylic acids is 1. The minimum absolute atomic E-state index is 0.0382. The molecule has 1 aliphatic rings. The van der Waals surface area contributed by atoms with Crippen molar-refractivity contribution in [3.63, 3.8) is 0 Å². The Morgan fingerprint density at radius 1 is 1.52 bits per heavy atom. The van der Waals surface area contributed by atoms with Crippen molar-refractivity contribution >= 4 is 38.6 Å². The molecule has 7 nitrogen and oxygen atoms in total. The topological polar surface area (TPSA) is 103 Å². The summed E-state index contributed by atoms with van der Waals surface area (Å²) in [7, 11) is -3.94. The van der Waals surface area contributed by atoms with Gasteiger partial charge in [0.25, 0.3) is 0 Å². The first-order chi connectivity index (χ1) is 9.93. The molecule has 1 fully saturated rings. The summed E-state index contributed by atoms with van der Waals surface area (Å²) in [5.41, 5.74) is 0.354. The van der Waals surface area contributed by atoms with Crippen LogP contribution in [-0.4, -0.2) is 46.4 Å². The molecule has 3 rings (SSSR count). The molecule has 0 bridgehead atoms. The summed E-state index contributed by atoms with van der Waals surface area (Å²) in [6.45, 7) is 0.184. The smallest absolute Gasteiger partial charge is 0.322 e. The lowest BCUT2D eigenvalue weighted by atomic mass is 10.2. The number of carboxylic acids is 1. The lowest BCUT2D eigenvalue weighted by Gasteiger charge is -2.20. The fourth-order valence-electron chi connectivity index (χ4n) is 2.59. The van der Waals surface area contributed by atoms with Gasteiger partial charge in [0.15, 0.2) is 0 Å². The van der Waals surface area contributed by atoms with Crippen LogP contribution in [0.3, 0.4) is 0 Å². The number of carbonyl (C=O) groups is 1. The highest BCUT2D eigenvalue weighted by molar-refractivity contribution is 7.89. The summed E-state index contributed by atoms with van der Waals surface area (Å²) >= 11 is 6.06. The van der Waals surface area contributed by atoms with Gasteiger partial charge in [0.1, 0.15) is 16.6 Å². The fourth-order valence-corrected chi connectivity index (χ4v) is 4.72. The third-order valence-corrected chi connectivity index (χ3v) is 5.81. The predicted molar refractivity (Wildman–Crippen MR) is 75.7 cm³/mol. The number of rotatable bonds is 3. The largest absolute Gasteiger partial charge is 0.480 e. The molecule has 0 amide bonds. The van der Waals surface area contributed by atoms with E-state index in [1.54, 1.807) is 0 Å². The number of sulfonamides is 1. The molecule has 1 atom stereocenters. The Morgan fingerprint density at radius 2 is 2.29 bits per heavy atom. The van der Waals surface area contributed by atoms with E-state index in [1.165, 1.54) is 18.5 Å². The van der Waals surface area contributed by atoms with Gasteiger partial charge in [-0.2, -0.15) is 4.31 Å². The molecule has 0 spiro atoms. The van der Waals surface area contributed by atoms with Crippen LogP contribution in [0.1, 0.15) is 12.8 Å². The second kappa shape index (κ2) is 4.97. The number of hydrogen-bond donors (Lipinski definition) is 2.